The van der Waals surface area contributed by atoms with Gasteiger partial charge >= 0.3 is 0 Å². The Hall–Kier alpha value is -2.67. The Labute approximate surface area is 166 Å². The Morgan fingerprint density at radius 2 is 2.00 bits per heavy atom. The van der Waals surface area contributed by atoms with Crippen LogP contribution in [0.25, 0.3) is 11.5 Å². The Morgan fingerprint density at radius 3 is 2.86 bits per heavy atom. The highest BCUT2D eigenvalue weighted by Crippen LogP contribution is 2.31. The van der Waals surface area contributed by atoms with Crippen molar-refractivity contribution in [1.29, 1.82) is 0 Å². The van der Waals surface area contributed by atoms with Gasteiger partial charge in [0.1, 0.15) is 5.82 Å². The molecule has 0 radical (unpaired) electrons. The smallest absolute Gasteiger partial charge is 0.277 e. The molecule has 0 aliphatic heterocycles. The highest BCUT2D eigenvalue weighted by molar-refractivity contribution is 8.00. The van der Waals surface area contributed by atoms with Crippen LogP contribution < -0.4 is 5.32 Å². The number of aromatic nitrogens is 2. The average molecular weight is 397 g/mol. The molecule has 0 fully saturated rings. The molecule has 4 rings (SSSR count). The molecule has 2 atom stereocenters. The Bertz CT molecular complexity index is 991. The fourth-order valence-electron chi connectivity index (χ4n) is 3.40. The molecule has 1 amide bonds. The minimum atomic E-state index is -0.426. The van der Waals surface area contributed by atoms with E-state index >= 15 is 0 Å². The van der Waals surface area contributed by atoms with E-state index in [0.29, 0.717) is 0 Å². The molecule has 1 N–H and O–H groups in total. The van der Waals surface area contributed by atoms with Gasteiger partial charge in [-0.25, -0.2) is 4.39 Å². The number of aryl methyl sites for hydroxylation is 1. The molecule has 1 aliphatic carbocycles. The number of rotatable bonds is 5. The Morgan fingerprint density at radius 1 is 1.21 bits per heavy atom. The summed E-state index contributed by atoms with van der Waals surface area (Å²) in [6.07, 6.45) is 3.03. The lowest BCUT2D eigenvalue weighted by Gasteiger charge is -2.27. The van der Waals surface area contributed by atoms with Gasteiger partial charge in [0.05, 0.1) is 16.9 Å². The molecular weight excluding hydrogens is 377 g/mol. The first-order valence-electron chi connectivity index (χ1n) is 9.25. The number of fused-ring (bicyclic) bond motifs is 1. The summed E-state index contributed by atoms with van der Waals surface area (Å²) < 4.78 is 19.4. The molecule has 144 valence electrons. The van der Waals surface area contributed by atoms with Crippen molar-refractivity contribution in [2.75, 3.05) is 0 Å². The van der Waals surface area contributed by atoms with Crippen LogP contribution in [0.15, 0.2) is 58.2 Å². The topological polar surface area (TPSA) is 68.0 Å². The van der Waals surface area contributed by atoms with Crippen LogP contribution in [-0.2, 0) is 11.2 Å². The van der Waals surface area contributed by atoms with Gasteiger partial charge in [0.25, 0.3) is 11.1 Å². The number of thioether (sulfide) groups is 1. The van der Waals surface area contributed by atoms with E-state index in [1.165, 1.54) is 29.0 Å². The van der Waals surface area contributed by atoms with Gasteiger partial charge < -0.3 is 9.73 Å². The molecule has 0 bridgehead atoms. The average Bonchev–Trinajstić information content (AvgIpc) is 3.16. The second-order valence-electron chi connectivity index (χ2n) is 6.77. The van der Waals surface area contributed by atoms with Crippen molar-refractivity contribution < 1.29 is 13.6 Å². The van der Waals surface area contributed by atoms with Gasteiger partial charge in [-0.3, -0.25) is 4.79 Å². The molecule has 1 heterocycles. The van der Waals surface area contributed by atoms with Crippen molar-refractivity contribution in [2.45, 2.75) is 42.7 Å². The SMILES string of the molecule is CC(Sc1nnc(-c2ccccc2F)o1)C(=O)NC1CCCc2ccccc21. The standard InChI is InChI=1S/C21H20FN3O2S/c1-13(19(26)23-18-12-6-8-14-7-2-3-9-15(14)18)28-21-25-24-20(27-21)16-10-4-5-11-17(16)22/h2-5,7,9-11,13,18H,6,8,12H2,1H3,(H,23,26). The second-order valence-corrected chi connectivity index (χ2v) is 8.06. The van der Waals surface area contributed by atoms with Crippen molar-refractivity contribution >= 4 is 17.7 Å². The van der Waals surface area contributed by atoms with Gasteiger partial charge in [0, 0.05) is 0 Å². The first kappa shape index (κ1) is 18.7. The van der Waals surface area contributed by atoms with Gasteiger partial charge in [-0.15, -0.1) is 10.2 Å². The van der Waals surface area contributed by atoms with Crippen molar-refractivity contribution in [1.82, 2.24) is 15.5 Å². The van der Waals surface area contributed by atoms with Crippen LogP contribution in [0.3, 0.4) is 0 Å². The maximum absolute atomic E-state index is 13.9. The largest absolute Gasteiger partial charge is 0.411 e. The molecule has 0 saturated heterocycles. The zero-order valence-corrected chi connectivity index (χ0v) is 16.2. The summed E-state index contributed by atoms with van der Waals surface area (Å²) in [6.45, 7) is 1.79. The summed E-state index contributed by atoms with van der Waals surface area (Å²) in [5.74, 6) is -0.406. The zero-order valence-electron chi connectivity index (χ0n) is 15.4. The van der Waals surface area contributed by atoms with Crippen LogP contribution in [0.1, 0.15) is 36.9 Å². The Balaban J connectivity index is 1.41. The molecule has 5 nitrogen and oxygen atoms in total. The first-order chi connectivity index (χ1) is 13.6. The summed E-state index contributed by atoms with van der Waals surface area (Å²) in [5, 5.41) is 10.8. The molecular formula is C21H20FN3O2S. The molecule has 0 spiro atoms. The van der Waals surface area contributed by atoms with E-state index in [9.17, 15) is 9.18 Å². The highest BCUT2D eigenvalue weighted by Gasteiger charge is 2.25. The maximum Gasteiger partial charge on any atom is 0.277 e. The van der Waals surface area contributed by atoms with Crippen molar-refractivity contribution in [2.24, 2.45) is 0 Å². The molecule has 3 aromatic rings. The number of carbonyl (C=O) groups excluding carboxylic acids is 1. The summed E-state index contributed by atoms with van der Waals surface area (Å²) in [6, 6.07) is 14.5. The van der Waals surface area contributed by atoms with E-state index in [2.05, 4.69) is 27.6 Å². The van der Waals surface area contributed by atoms with Crippen LogP contribution in [-0.4, -0.2) is 21.4 Å². The van der Waals surface area contributed by atoms with Gasteiger partial charge in [-0.05, 0) is 49.4 Å². The number of halogens is 1. The van der Waals surface area contributed by atoms with Gasteiger partial charge in [0.15, 0.2) is 0 Å². The lowest BCUT2D eigenvalue weighted by Crippen LogP contribution is -2.35. The predicted octanol–water partition coefficient (Wildman–Crippen LogP) is 4.55. The van der Waals surface area contributed by atoms with Crippen LogP contribution >= 0.6 is 11.8 Å². The van der Waals surface area contributed by atoms with E-state index < -0.39 is 11.1 Å². The van der Waals surface area contributed by atoms with Crippen LogP contribution in [0.5, 0.6) is 0 Å². The van der Waals surface area contributed by atoms with Crippen molar-refractivity contribution in [3.05, 3.63) is 65.5 Å². The van der Waals surface area contributed by atoms with E-state index in [4.69, 9.17) is 4.42 Å². The fraction of sp³-hybridized carbons (Fsp3) is 0.286. The molecule has 7 heteroatoms. The van der Waals surface area contributed by atoms with E-state index in [1.807, 2.05) is 12.1 Å². The maximum atomic E-state index is 13.9. The number of nitrogens with zero attached hydrogens (tertiary/aromatic N) is 2. The van der Waals surface area contributed by atoms with Gasteiger partial charge in [-0.2, -0.15) is 0 Å². The second kappa shape index (κ2) is 8.14. The lowest BCUT2D eigenvalue weighted by atomic mass is 9.88. The summed E-state index contributed by atoms with van der Waals surface area (Å²) in [7, 11) is 0. The third kappa shape index (κ3) is 3.94. The van der Waals surface area contributed by atoms with Gasteiger partial charge in [0.2, 0.25) is 5.91 Å². The van der Waals surface area contributed by atoms with Gasteiger partial charge in [-0.1, -0.05) is 48.2 Å². The third-order valence-electron chi connectivity index (χ3n) is 4.84. The summed E-state index contributed by atoms with van der Waals surface area (Å²) >= 11 is 1.17. The minimum absolute atomic E-state index is 0.0251. The summed E-state index contributed by atoms with van der Waals surface area (Å²) in [4.78, 5) is 12.7. The molecule has 2 aromatic carbocycles. The monoisotopic (exact) mass is 397 g/mol. The normalized spacial score (nSPS) is 17.0. The minimum Gasteiger partial charge on any atom is -0.411 e. The first-order valence-corrected chi connectivity index (χ1v) is 10.1. The van der Waals surface area contributed by atoms with Crippen molar-refractivity contribution in [3.63, 3.8) is 0 Å². The van der Waals surface area contributed by atoms with Crippen LogP contribution in [0, 0.1) is 5.82 Å². The lowest BCUT2D eigenvalue weighted by molar-refractivity contribution is -0.121. The molecule has 1 aliphatic rings. The number of carbonyl (C=O) groups is 1. The number of benzene rings is 2. The molecule has 0 saturated carbocycles. The highest BCUT2D eigenvalue weighted by atomic mass is 32.2. The molecule has 28 heavy (non-hydrogen) atoms. The third-order valence-corrected chi connectivity index (χ3v) is 5.78. The Kier molecular flexibility index (Phi) is 5.43. The molecule has 2 unspecified atom stereocenters. The quantitative estimate of drug-likeness (QED) is 0.640. The van der Waals surface area contributed by atoms with E-state index in [1.54, 1.807) is 25.1 Å². The van der Waals surface area contributed by atoms with E-state index in [-0.39, 0.29) is 28.6 Å². The van der Waals surface area contributed by atoms with Crippen LogP contribution in [0.2, 0.25) is 0 Å². The summed E-state index contributed by atoms with van der Waals surface area (Å²) in [5.41, 5.74) is 2.74. The fourth-order valence-corrected chi connectivity index (χ4v) is 4.09. The number of amides is 1. The predicted molar refractivity (Wildman–Crippen MR) is 105 cm³/mol. The van der Waals surface area contributed by atoms with Crippen LogP contribution in [0.4, 0.5) is 4.39 Å². The zero-order chi connectivity index (χ0) is 19.5. The number of nitrogens with one attached hydrogen (secondary N) is 1. The number of hydrogen-bond acceptors (Lipinski definition) is 5. The number of hydrogen-bond donors (Lipinski definition) is 1. The molecule has 1 aromatic heterocycles. The van der Waals surface area contributed by atoms with Crippen molar-refractivity contribution in [3.8, 4) is 11.5 Å². The van der Waals surface area contributed by atoms with E-state index in [0.717, 1.165) is 19.3 Å².